The highest BCUT2D eigenvalue weighted by Crippen LogP contribution is 2.19. The van der Waals surface area contributed by atoms with Crippen LogP contribution in [0.15, 0.2) is 0 Å². The molecule has 1 rings (SSSR count). The Morgan fingerprint density at radius 3 is 2.38 bits per heavy atom. The summed E-state index contributed by atoms with van der Waals surface area (Å²) in [5.41, 5.74) is -0.653. The topological polar surface area (TPSA) is 75.7 Å². The molecule has 1 fully saturated rings. The fourth-order valence-electron chi connectivity index (χ4n) is 1.07. The van der Waals surface area contributed by atoms with Crippen LogP contribution >= 0.6 is 0 Å². The van der Waals surface area contributed by atoms with E-state index in [9.17, 15) is 14.4 Å². The predicted octanol–water partition coefficient (Wildman–Crippen LogP) is -0.162. The van der Waals surface area contributed by atoms with Gasteiger partial charge in [-0.2, -0.15) is 5.06 Å². The van der Waals surface area contributed by atoms with Gasteiger partial charge in [0.25, 0.3) is 5.91 Å². The summed E-state index contributed by atoms with van der Waals surface area (Å²) in [5, 5.41) is 3.42. The third-order valence-electron chi connectivity index (χ3n) is 2.08. The monoisotopic (exact) mass is 228 g/mol. The molecule has 1 N–H and O–H groups in total. The lowest BCUT2D eigenvalue weighted by molar-refractivity contribution is -0.222. The Morgan fingerprint density at radius 2 is 2.00 bits per heavy atom. The molecule has 0 aliphatic carbocycles. The van der Waals surface area contributed by atoms with Crippen molar-refractivity contribution in [2.75, 3.05) is 6.54 Å². The van der Waals surface area contributed by atoms with Gasteiger partial charge in [0.2, 0.25) is 5.91 Å². The molecular formula is C10H16N2O4. The molecule has 0 aromatic rings. The molecule has 1 aliphatic heterocycles. The number of hydrogen-bond acceptors (Lipinski definition) is 4. The minimum absolute atomic E-state index is 0.209. The van der Waals surface area contributed by atoms with E-state index < -0.39 is 23.3 Å². The zero-order valence-corrected chi connectivity index (χ0v) is 9.86. The third kappa shape index (κ3) is 2.71. The molecule has 0 aromatic carbocycles. The average molecular weight is 228 g/mol. The Balaban J connectivity index is 2.42. The maximum atomic E-state index is 11.4. The first-order chi connectivity index (χ1) is 7.21. The molecule has 0 saturated carbocycles. The number of hydrogen-bond donors (Lipinski definition) is 1. The Bertz CT molecular complexity index is 332. The van der Waals surface area contributed by atoms with Crippen LogP contribution in [0.2, 0.25) is 0 Å². The lowest BCUT2D eigenvalue weighted by Crippen LogP contribution is -2.64. The van der Waals surface area contributed by atoms with Gasteiger partial charge in [-0.1, -0.05) is 0 Å². The minimum atomic E-state index is -0.653. The summed E-state index contributed by atoms with van der Waals surface area (Å²) in [6.45, 7) is 6.64. The highest BCUT2D eigenvalue weighted by Gasteiger charge is 2.41. The van der Waals surface area contributed by atoms with Crippen molar-refractivity contribution in [3.8, 4) is 0 Å². The van der Waals surface area contributed by atoms with Crippen LogP contribution in [0.4, 0.5) is 0 Å². The van der Waals surface area contributed by atoms with Gasteiger partial charge >= 0.3 is 5.97 Å². The van der Waals surface area contributed by atoms with Crippen LogP contribution in [0.25, 0.3) is 0 Å². The minimum Gasteiger partial charge on any atom is -0.343 e. The fourth-order valence-corrected chi connectivity index (χ4v) is 1.07. The molecule has 1 unspecified atom stereocenters. The molecule has 6 nitrogen and oxygen atoms in total. The zero-order chi connectivity index (χ0) is 12.5. The van der Waals surface area contributed by atoms with Crippen LogP contribution in [0.3, 0.4) is 0 Å². The van der Waals surface area contributed by atoms with Crippen LogP contribution in [0.1, 0.15) is 27.7 Å². The summed E-state index contributed by atoms with van der Waals surface area (Å²) in [6.07, 6.45) is 0. The third-order valence-corrected chi connectivity index (χ3v) is 2.08. The van der Waals surface area contributed by atoms with Gasteiger partial charge in [-0.05, 0) is 20.8 Å². The van der Waals surface area contributed by atoms with Crippen molar-refractivity contribution in [3.63, 3.8) is 0 Å². The van der Waals surface area contributed by atoms with Crippen LogP contribution in [0, 0.1) is 5.41 Å². The largest absolute Gasteiger partial charge is 0.343 e. The first-order valence-electron chi connectivity index (χ1n) is 5.02. The summed E-state index contributed by atoms with van der Waals surface area (Å²) >= 11 is 0. The molecule has 1 heterocycles. The molecule has 6 heteroatoms. The molecule has 1 atom stereocenters. The van der Waals surface area contributed by atoms with Gasteiger partial charge in [-0.3, -0.25) is 9.59 Å². The van der Waals surface area contributed by atoms with Gasteiger partial charge in [0.15, 0.2) is 0 Å². The number of carbonyl (C=O) groups excluding carboxylic acids is 3. The number of β-lactam (4-membered cyclic amide) rings is 1. The molecule has 1 aliphatic rings. The summed E-state index contributed by atoms with van der Waals surface area (Å²) in [4.78, 5) is 38.4. The highest BCUT2D eigenvalue weighted by molar-refractivity contribution is 5.92. The SMILES string of the molecule is CC(=O)NC1CN(OC(=O)C(C)(C)C)C1=O. The van der Waals surface area contributed by atoms with E-state index in [0.29, 0.717) is 0 Å². The molecule has 0 spiro atoms. The highest BCUT2D eigenvalue weighted by atomic mass is 16.7. The number of nitrogens with one attached hydrogen (secondary N) is 1. The van der Waals surface area contributed by atoms with Gasteiger partial charge in [-0.15, -0.1) is 0 Å². The van der Waals surface area contributed by atoms with Crippen molar-refractivity contribution in [2.24, 2.45) is 5.41 Å². The average Bonchev–Trinajstić information content (AvgIpc) is 2.13. The molecule has 16 heavy (non-hydrogen) atoms. The van der Waals surface area contributed by atoms with Crippen molar-refractivity contribution in [3.05, 3.63) is 0 Å². The number of amides is 2. The summed E-state index contributed by atoms with van der Waals surface area (Å²) in [7, 11) is 0. The van der Waals surface area contributed by atoms with Crippen molar-refractivity contribution < 1.29 is 19.2 Å². The Labute approximate surface area is 93.9 Å². The van der Waals surface area contributed by atoms with Crippen LogP contribution in [-0.2, 0) is 19.2 Å². The number of hydroxylamine groups is 2. The molecule has 90 valence electrons. The van der Waals surface area contributed by atoms with Crippen molar-refractivity contribution >= 4 is 17.8 Å². The Hall–Kier alpha value is -1.59. The van der Waals surface area contributed by atoms with E-state index in [4.69, 9.17) is 4.84 Å². The number of rotatable bonds is 2. The fraction of sp³-hybridized carbons (Fsp3) is 0.700. The Kier molecular flexibility index (Phi) is 3.21. The predicted molar refractivity (Wildman–Crippen MR) is 54.9 cm³/mol. The first-order valence-corrected chi connectivity index (χ1v) is 5.02. The number of carbonyl (C=O) groups is 3. The maximum absolute atomic E-state index is 11.4. The van der Waals surface area contributed by atoms with E-state index in [2.05, 4.69) is 5.32 Å². The molecule has 0 aromatic heterocycles. The second-order valence-electron chi connectivity index (χ2n) is 4.78. The second-order valence-corrected chi connectivity index (χ2v) is 4.78. The van der Waals surface area contributed by atoms with Crippen LogP contribution in [-0.4, -0.2) is 35.4 Å². The molecule has 1 saturated heterocycles. The van der Waals surface area contributed by atoms with E-state index in [0.717, 1.165) is 5.06 Å². The molecule has 0 radical (unpaired) electrons. The van der Waals surface area contributed by atoms with Crippen molar-refractivity contribution in [1.29, 1.82) is 0 Å². The van der Waals surface area contributed by atoms with E-state index in [1.165, 1.54) is 6.92 Å². The normalized spacial score (nSPS) is 20.1. The maximum Gasteiger partial charge on any atom is 0.337 e. The Morgan fingerprint density at radius 1 is 1.44 bits per heavy atom. The summed E-state index contributed by atoms with van der Waals surface area (Å²) < 4.78 is 0. The van der Waals surface area contributed by atoms with Crippen LogP contribution < -0.4 is 5.32 Å². The van der Waals surface area contributed by atoms with Gasteiger partial charge in [0.1, 0.15) is 6.04 Å². The van der Waals surface area contributed by atoms with Crippen molar-refractivity contribution in [2.45, 2.75) is 33.7 Å². The summed E-state index contributed by atoms with van der Waals surface area (Å²) in [6, 6.07) is -0.565. The van der Waals surface area contributed by atoms with E-state index in [1.54, 1.807) is 20.8 Å². The van der Waals surface area contributed by atoms with Gasteiger partial charge in [-0.25, -0.2) is 4.79 Å². The smallest absolute Gasteiger partial charge is 0.337 e. The zero-order valence-electron chi connectivity index (χ0n) is 9.86. The van der Waals surface area contributed by atoms with E-state index in [1.807, 2.05) is 0 Å². The van der Waals surface area contributed by atoms with E-state index in [-0.39, 0.29) is 12.5 Å². The van der Waals surface area contributed by atoms with E-state index >= 15 is 0 Å². The second kappa shape index (κ2) is 4.11. The van der Waals surface area contributed by atoms with Gasteiger partial charge < -0.3 is 10.2 Å². The number of nitrogens with zero attached hydrogens (tertiary/aromatic N) is 1. The quantitative estimate of drug-likeness (QED) is 0.666. The van der Waals surface area contributed by atoms with Crippen LogP contribution in [0.5, 0.6) is 0 Å². The van der Waals surface area contributed by atoms with Crippen molar-refractivity contribution in [1.82, 2.24) is 10.4 Å². The lowest BCUT2D eigenvalue weighted by atomic mass is 9.98. The molecular weight excluding hydrogens is 212 g/mol. The lowest BCUT2D eigenvalue weighted by Gasteiger charge is -2.37. The van der Waals surface area contributed by atoms with Gasteiger partial charge in [0.05, 0.1) is 12.0 Å². The first kappa shape index (κ1) is 12.5. The summed E-state index contributed by atoms with van der Waals surface area (Å²) in [5.74, 6) is -1.14. The molecule has 0 bridgehead atoms. The van der Waals surface area contributed by atoms with Gasteiger partial charge in [0, 0.05) is 6.92 Å². The standard InChI is InChI=1S/C10H16N2O4/c1-6(13)11-7-5-12(8(7)14)16-9(15)10(2,3)4/h7H,5H2,1-4H3,(H,11,13). The molecule has 2 amide bonds.